The van der Waals surface area contributed by atoms with Gasteiger partial charge in [-0.2, -0.15) is 0 Å². The highest BCUT2D eigenvalue weighted by Gasteiger charge is 2.46. The molecule has 0 spiro atoms. The normalized spacial score (nSPS) is 20.8. The number of nitrogens with zero attached hydrogens (tertiary/aromatic N) is 2. The van der Waals surface area contributed by atoms with Crippen LogP contribution in [0.1, 0.15) is 17.5 Å². The van der Waals surface area contributed by atoms with E-state index in [0.29, 0.717) is 51.6 Å². The number of rotatable bonds is 8. The van der Waals surface area contributed by atoms with Crippen molar-refractivity contribution in [2.75, 3.05) is 46.1 Å². The van der Waals surface area contributed by atoms with Crippen LogP contribution in [0.4, 0.5) is 0 Å². The third-order valence-electron chi connectivity index (χ3n) is 5.47. The number of hydrogen-bond donors (Lipinski definition) is 1. The fourth-order valence-corrected chi connectivity index (χ4v) is 3.81. The Balaban J connectivity index is 1.57. The summed E-state index contributed by atoms with van der Waals surface area (Å²) in [6, 6.07) is 17.4. The molecule has 2 heterocycles. The fraction of sp³-hybridized carbons (Fsp3) is 0.417. The molecular weight excluding hydrogens is 396 g/mol. The van der Waals surface area contributed by atoms with Gasteiger partial charge in [0.1, 0.15) is 12.4 Å². The number of carbonyl (C=O) groups excluding carboxylic acids is 1. The Hall–Kier alpha value is -2.90. The molecule has 4 rings (SSSR count). The minimum absolute atomic E-state index is 0.0152. The molecule has 0 radical (unpaired) electrons. The van der Waals surface area contributed by atoms with Gasteiger partial charge in [-0.05, 0) is 29.8 Å². The first-order valence-electron chi connectivity index (χ1n) is 10.7. The van der Waals surface area contributed by atoms with Crippen molar-refractivity contribution in [2.45, 2.75) is 18.4 Å². The molecule has 2 aliphatic heterocycles. The van der Waals surface area contributed by atoms with Gasteiger partial charge in [0.2, 0.25) is 5.90 Å². The molecule has 2 aromatic rings. The Labute approximate surface area is 182 Å². The molecule has 0 bridgehead atoms. The van der Waals surface area contributed by atoms with Crippen molar-refractivity contribution in [3.05, 3.63) is 65.7 Å². The molecule has 7 nitrogen and oxygen atoms in total. The van der Waals surface area contributed by atoms with Crippen LogP contribution in [0.2, 0.25) is 0 Å². The van der Waals surface area contributed by atoms with Crippen molar-refractivity contribution in [3.63, 3.8) is 0 Å². The lowest BCUT2D eigenvalue weighted by Crippen LogP contribution is -2.53. The predicted molar refractivity (Wildman–Crippen MR) is 116 cm³/mol. The topological polar surface area (TPSA) is 80.6 Å². The third-order valence-corrected chi connectivity index (χ3v) is 5.47. The number of aliphatic imine (C=N–C) groups is 1. The van der Waals surface area contributed by atoms with Crippen LogP contribution < -0.4 is 4.74 Å². The smallest absolute Gasteiger partial charge is 0.254 e. The van der Waals surface area contributed by atoms with Crippen LogP contribution >= 0.6 is 0 Å². The molecule has 0 aromatic heterocycles. The monoisotopic (exact) mass is 424 g/mol. The van der Waals surface area contributed by atoms with E-state index in [1.807, 2.05) is 59.5 Å². The molecule has 0 aliphatic carbocycles. The Morgan fingerprint density at radius 2 is 1.84 bits per heavy atom. The van der Waals surface area contributed by atoms with E-state index in [1.165, 1.54) is 0 Å². The fourth-order valence-electron chi connectivity index (χ4n) is 3.81. The third kappa shape index (κ3) is 5.06. The standard InChI is InChI=1S/C24H28N2O5/c27-13-4-14-30-21-9-7-20(8-10-21)22-25-24(18-31-22,17-19-5-2-1-3-6-19)23(28)26-11-15-29-16-12-26/h1-3,5-10,27H,4,11-18H2/t24-/m1/s1. The average Bonchev–Trinajstić information content (AvgIpc) is 3.25. The molecule has 2 aromatic carbocycles. The second-order valence-electron chi connectivity index (χ2n) is 7.75. The Morgan fingerprint density at radius 1 is 1.10 bits per heavy atom. The van der Waals surface area contributed by atoms with Crippen molar-refractivity contribution in [1.29, 1.82) is 0 Å². The Bertz CT molecular complexity index is 894. The number of amides is 1. The summed E-state index contributed by atoms with van der Waals surface area (Å²) < 4.78 is 17.0. The summed E-state index contributed by atoms with van der Waals surface area (Å²) in [5.74, 6) is 1.17. The number of aliphatic hydroxyl groups is 1. The molecular formula is C24H28N2O5. The van der Waals surface area contributed by atoms with Crippen LogP contribution in [-0.2, 0) is 20.7 Å². The van der Waals surface area contributed by atoms with E-state index in [2.05, 4.69) is 0 Å². The lowest BCUT2D eigenvalue weighted by molar-refractivity contribution is -0.141. The van der Waals surface area contributed by atoms with Crippen molar-refractivity contribution in [3.8, 4) is 5.75 Å². The largest absolute Gasteiger partial charge is 0.494 e. The first kappa shape index (κ1) is 21.3. The van der Waals surface area contributed by atoms with Gasteiger partial charge < -0.3 is 24.2 Å². The molecule has 7 heteroatoms. The van der Waals surface area contributed by atoms with Crippen LogP contribution in [0.25, 0.3) is 0 Å². The summed E-state index contributed by atoms with van der Waals surface area (Å²) >= 11 is 0. The van der Waals surface area contributed by atoms with E-state index in [1.54, 1.807) is 0 Å². The average molecular weight is 424 g/mol. The Morgan fingerprint density at radius 3 is 2.55 bits per heavy atom. The van der Waals surface area contributed by atoms with E-state index < -0.39 is 5.54 Å². The highest BCUT2D eigenvalue weighted by molar-refractivity contribution is 6.00. The quantitative estimate of drug-likeness (QED) is 0.656. The second kappa shape index (κ2) is 9.94. The van der Waals surface area contributed by atoms with E-state index in [-0.39, 0.29) is 19.1 Å². The number of benzene rings is 2. The van der Waals surface area contributed by atoms with Crippen LogP contribution in [-0.4, -0.2) is 73.5 Å². The van der Waals surface area contributed by atoms with Gasteiger partial charge >= 0.3 is 0 Å². The highest BCUT2D eigenvalue weighted by atomic mass is 16.5. The van der Waals surface area contributed by atoms with Crippen molar-refractivity contribution in [1.82, 2.24) is 4.90 Å². The lowest BCUT2D eigenvalue weighted by atomic mass is 9.90. The van der Waals surface area contributed by atoms with Gasteiger partial charge in [0.05, 0.1) is 19.8 Å². The van der Waals surface area contributed by atoms with Gasteiger partial charge in [0.15, 0.2) is 5.54 Å². The summed E-state index contributed by atoms with van der Waals surface area (Å²) in [6.45, 7) is 3.00. The first-order chi connectivity index (χ1) is 15.2. The van der Waals surface area contributed by atoms with E-state index in [9.17, 15) is 4.79 Å². The maximum absolute atomic E-state index is 13.5. The molecule has 1 amide bonds. The molecule has 1 atom stereocenters. The zero-order valence-electron chi connectivity index (χ0n) is 17.5. The molecule has 1 N–H and O–H groups in total. The minimum atomic E-state index is -0.982. The van der Waals surface area contributed by atoms with Gasteiger partial charge in [-0.3, -0.25) is 4.79 Å². The highest BCUT2D eigenvalue weighted by Crippen LogP contribution is 2.29. The van der Waals surface area contributed by atoms with E-state index in [0.717, 1.165) is 16.9 Å². The molecule has 0 unspecified atom stereocenters. The number of carbonyl (C=O) groups is 1. The van der Waals surface area contributed by atoms with Gasteiger partial charge in [0.25, 0.3) is 5.91 Å². The summed E-state index contributed by atoms with van der Waals surface area (Å²) in [4.78, 5) is 20.2. The molecule has 1 saturated heterocycles. The summed E-state index contributed by atoms with van der Waals surface area (Å²) in [5.41, 5.74) is 0.870. The zero-order valence-corrected chi connectivity index (χ0v) is 17.5. The molecule has 164 valence electrons. The maximum atomic E-state index is 13.5. The van der Waals surface area contributed by atoms with Gasteiger partial charge in [0, 0.05) is 38.1 Å². The first-order valence-corrected chi connectivity index (χ1v) is 10.7. The molecule has 2 aliphatic rings. The van der Waals surface area contributed by atoms with Crippen molar-refractivity contribution in [2.24, 2.45) is 4.99 Å². The van der Waals surface area contributed by atoms with E-state index >= 15 is 0 Å². The zero-order chi connectivity index (χ0) is 21.5. The predicted octanol–water partition coefficient (Wildman–Crippen LogP) is 2.06. The molecule has 0 saturated carbocycles. The van der Waals surface area contributed by atoms with Crippen LogP contribution in [0, 0.1) is 0 Å². The summed E-state index contributed by atoms with van der Waals surface area (Å²) in [5, 5.41) is 8.88. The summed E-state index contributed by atoms with van der Waals surface area (Å²) in [7, 11) is 0. The van der Waals surface area contributed by atoms with Crippen molar-refractivity contribution >= 4 is 11.8 Å². The number of ether oxygens (including phenoxy) is 3. The second-order valence-corrected chi connectivity index (χ2v) is 7.75. The minimum Gasteiger partial charge on any atom is -0.494 e. The maximum Gasteiger partial charge on any atom is 0.254 e. The van der Waals surface area contributed by atoms with Crippen LogP contribution in [0.5, 0.6) is 5.75 Å². The van der Waals surface area contributed by atoms with Gasteiger partial charge in [-0.15, -0.1) is 0 Å². The number of aliphatic hydroxyl groups excluding tert-OH is 1. The lowest BCUT2D eigenvalue weighted by Gasteiger charge is -2.33. The van der Waals surface area contributed by atoms with Crippen LogP contribution in [0.3, 0.4) is 0 Å². The summed E-state index contributed by atoms with van der Waals surface area (Å²) in [6.07, 6.45) is 1.07. The Kier molecular flexibility index (Phi) is 6.84. The van der Waals surface area contributed by atoms with Gasteiger partial charge in [-0.1, -0.05) is 30.3 Å². The van der Waals surface area contributed by atoms with Crippen molar-refractivity contribution < 1.29 is 24.1 Å². The van der Waals surface area contributed by atoms with E-state index in [4.69, 9.17) is 24.3 Å². The molecule has 31 heavy (non-hydrogen) atoms. The SMILES string of the molecule is O=C(N1CCOCC1)[C@@]1(Cc2ccccc2)COC(c2ccc(OCCCO)cc2)=N1. The van der Waals surface area contributed by atoms with Gasteiger partial charge in [-0.25, -0.2) is 4.99 Å². The number of hydrogen-bond acceptors (Lipinski definition) is 6. The molecule has 1 fully saturated rings. The number of morpholine rings is 1. The van der Waals surface area contributed by atoms with Crippen LogP contribution in [0.15, 0.2) is 59.6 Å².